The van der Waals surface area contributed by atoms with Crippen LogP contribution in [0.2, 0.25) is 0 Å². The van der Waals surface area contributed by atoms with Crippen LogP contribution in [0.25, 0.3) is 22.2 Å². The monoisotopic (exact) mass is 255 g/mol. The fourth-order valence-electron chi connectivity index (χ4n) is 2.35. The van der Waals surface area contributed by atoms with E-state index < -0.39 is 0 Å². The van der Waals surface area contributed by atoms with Gasteiger partial charge in [-0.15, -0.1) is 0 Å². The summed E-state index contributed by atoms with van der Waals surface area (Å²) in [5.74, 6) is -0.279. The van der Waals surface area contributed by atoms with Crippen LogP contribution in [0.3, 0.4) is 0 Å². The topological polar surface area (TPSA) is 54.7 Å². The predicted octanol–water partition coefficient (Wildman–Crippen LogP) is 3.14. The molecule has 3 N–H and O–H groups in total. The van der Waals surface area contributed by atoms with Crippen molar-refractivity contribution in [1.82, 2.24) is 9.97 Å². The van der Waals surface area contributed by atoms with Crippen molar-refractivity contribution in [3.05, 3.63) is 53.6 Å². The lowest BCUT2D eigenvalue weighted by molar-refractivity contribution is 0.639. The van der Waals surface area contributed by atoms with E-state index in [-0.39, 0.29) is 5.82 Å². The number of pyridine rings is 1. The average molecular weight is 255 g/mol. The van der Waals surface area contributed by atoms with E-state index in [1.807, 2.05) is 31.2 Å². The Bertz CT molecular complexity index is 746. The Morgan fingerprint density at radius 1 is 1.32 bits per heavy atom. The molecule has 0 saturated heterocycles. The summed E-state index contributed by atoms with van der Waals surface area (Å²) in [7, 11) is 0. The minimum absolute atomic E-state index is 0.279. The lowest BCUT2D eigenvalue weighted by Crippen LogP contribution is -1.98. The normalized spacial score (nSPS) is 11.1. The van der Waals surface area contributed by atoms with Crippen molar-refractivity contribution >= 4 is 11.0 Å². The minimum atomic E-state index is -0.279. The molecule has 96 valence electrons. The molecule has 3 rings (SSSR count). The third-order valence-corrected chi connectivity index (χ3v) is 3.40. The summed E-state index contributed by atoms with van der Waals surface area (Å²) in [6.07, 6.45) is 3.02. The number of aromatic amines is 1. The highest BCUT2D eigenvalue weighted by atomic mass is 19.1. The van der Waals surface area contributed by atoms with E-state index in [0.717, 1.165) is 22.3 Å². The van der Waals surface area contributed by atoms with Crippen molar-refractivity contribution in [3.63, 3.8) is 0 Å². The lowest BCUT2D eigenvalue weighted by Gasteiger charge is -2.08. The Morgan fingerprint density at radius 3 is 2.89 bits per heavy atom. The fraction of sp³-hybridized carbons (Fsp3) is 0.133. The number of nitrogens with zero attached hydrogens (tertiary/aromatic N) is 1. The number of fused-ring (bicyclic) bond motifs is 1. The van der Waals surface area contributed by atoms with Crippen LogP contribution in [0, 0.1) is 12.7 Å². The molecule has 2 heterocycles. The summed E-state index contributed by atoms with van der Waals surface area (Å²) < 4.78 is 13.8. The summed E-state index contributed by atoms with van der Waals surface area (Å²) >= 11 is 0. The summed E-state index contributed by atoms with van der Waals surface area (Å²) in [5, 5.41) is 0.530. The fourth-order valence-corrected chi connectivity index (χ4v) is 2.35. The second kappa shape index (κ2) is 4.48. The minimum Gasteiger partial charge on any atom is -0.343 e. The zero-order valence-corrected chi connectivity index (χ0v) is 10.6. The Kier molecular flexibility index (Phi) is 2.80. The van der Waals surface area contributed by atoms with Gasteiger partial charge in [0.2, 0.25) is 0 Å². The van der Waals surface area contributed by atoms with Gasteiger partial charge in [0.05, 0.1) is 5.39 Å². The zero-order chi connectivity index (χ0) is 13.4. The van der Waals surface area contributed by atoms with E-state index in [1.54, 1.807) is 6.20 Å². The molecule has 0 atom stereocenters. The highest BCUT2D eigenvalue weighted by Gasteiger charge is 2.11. The first kappa shape index (κ1) is 11.9. The maximum Gasteiger partial charge on any atom is 0.150 e. The van der Waals surface area contributed by atoms with Crippen LogP contribution in [0.4, 0.5) is 4.39 Å². The molecule has 2 aromatic heterocycles. The quantitative estimate of drug-likeness (QED) is 0.739. The van der Waals surface area contributed by atoms with Crippen LogP contribution in [0.5, 0.6) is 0 Å². The van der Waals surface area contributed by atoms with Crippen LogP contribution in [0.15, 0.2) is 36.7 Å². The molecular weight excluding hydrogens is 241 g/mol. The molecule has 0 radical (unpaired) electrons. The first-order valence-electron chi connectivity index (χ1n) is 6.12. The molecule has 0 bridgehead atoms. The number of rotatable bonds is 2. The Balaban J connectivity index is 2.24. The van der Waals surface area contributed by atoms with Crippen molar-refractivity contribution in [1.29, 1.82) is 0 Å². The maximum atomic E-state index is 13.8. The zero-order valence-electron chi connectivity index (χ0n) is 10.6. The average Bonchev–Trinajstić information content (AvgIpc) is 2.81. The van der Waals surface area contributed by atoms with Gasteiger partial charge in [-0.05, 0) is 35.2 Å². The number of aryl methyl sites for hydroxylation is 1. The third-order valence-electron chi connectivity index (χ3n) is 3.40. The Morgan fingerprint density at radius 2 is 2.16 bits per heavy atom. The highest BCUT2D eigenvalue weighted by molar-refractivity contribution is 5.93. The van der Waals surface area contributed by atoms with Gasteiger partial charge in [0, 0.05) is 18.9 Å². The number of aromatic nitrogens is 2. The molecule has 0 unspecified atom stereocenters. The molecule has 4 heteroatoms. The van der Waals surface area contributed by atoms with Gasteiger partial charge < -0.3 is 10.7 Å². The molecule has 0 aliphatic heterocycles. The molecule has 1 aromatic carbocycles. The van der Waals surface area contributed by atoms with Crippen molar-refractivity contribution in [2.75, 3.05) is 0 Å². The number of hydrogen-bond donors (Lipinski definition) is 2. The molecule has 0 amide bonds. The largest absolute Gasteiger partial charge is 0.343 e. The molecule has 3 aromatic rings. The van der Waals surface area contributed by atoms with E-state index >= 15 is 0 Å². The number of benzene rings is 1. The second-order valence-electron chi connectivity index (χ2n) is 4.56. The van der Waals surface area contributed by atoms with Crippen LogP contribution in [0.1, 0.15) is 11.1 Å². The second-order valence-corrected chi connectivity index (χ2v) is 4.56. The van der Waals surface area contributed by atoms with E-state index in [9.17, 15) is 4.39 Å². The standard InChI is InChI=1S/C15H14FN3/c1-9-6-10(2-3-11(9)7-17)12-4-5-18-15-14(12)13(16)8-19-15/h2-6,8H,7,17H2,1H3,(H,18,19). The number of H-pyrrole nitrogens is 1. The molecule has 0 fully saturated rings. The highest BCUT2D eigenvalue weighted by Crippen LogP contribution is 2.30. The first-order valence-corrected chi connectivity index (χ1v) is 6.12. The predicted molar refractivity (Wildman–Crippen MR) is 74.1 cm³/mol. The van der Waals surface area contributed by atoms with Gasteiger partial charge in [0.1, 0.15) is 5.65 Å². The van der Waals surface area contributed by atoms with Gasteiger partial charge in [-0.2, -0.15) is 0 Å². The van der Waals surface area contributed by atoms with Gasteiger partial charge >= 0.3 is 0 Å². The maximum absolute atomic E-state index is 13.8. The van der Waals surface area contributed by atoms with Crippen LogP contribution < -0.4 is 5.73 Å². The molecular formula is C15H14FN3. The van der Waals surface area contributed by atoms with E-state index in [1.165, 1.54) is 6.20 Å². The van der Waals surface area contributed by atoms with E-state index in [2.05, 4.69) is 9.97 Å². The number of hydrogen-bond acceptors (Lipinski definition) is 2. The van der Waals surface area contributed by atoms with Crippen molar-refractivity contribution in [2.45, 2.75) is 13.5 Å². The van der Waals surface area contributed by atoms with E-state index in [4.69, 9.17) is 5.73 Å². The van der Waals surface area contributed by atoms with Gasteiger partial charge in [-0.1, -0.05) is 18.2 Å². The number of nitrogens with two attached hydrogens (primary N) is 1. The summed E-state index contributed by atoms with van der Waals surface area (Å²) in [4.78, 5) is 6.96. The SMILES string of the molecule is Cc1cc(-c2ccnc3[nH]cc(F)c23)ccc1CN. The van der Waals surface area contributed by atoms with Crippen LogP contribution in [-0.4, -0.2) is 9.97 Å². The van der Waals surface area contributed by atoms with E-state index in [0.29, 0.717) is 17.6 Å². The molecule has 3 nitrogen and oxygen atoms in total. The van der Waals surface area contributed by atoms with Gasteiger partial charge in [-0.3, -0.25) is 0 Å². The first-order chi connectivity index (χ1) is 9.20. The summed E-state index contributed by atoms with van der Waals surface area (Å²) in [6, 6.07) is 7.82. The van der Waals surface area contributed by atoms with Crippen molar-refractivity contribution in [3.8, 4) is 11.1 Å². The molecule has 0 saturated carbocycles. The van der Waals surface area contributed by atoms with Crippen molar-refractivity contribution < 1.29 is 4.39 Å². The summed E-state index contributed by atoms with van der Waals surface area (Å²) in [6.45, 7) is 2.52. The van der Waals surface area contributed by atoms with Gasteiger partial charge in [-0.25, -0.2) is 9.37 Å². The van der Waals surface area contributed by atoms with Crippen molar-refractivity contribution in [2.24, 2.45) is 5.73 Å². The van der Waals surface area contributed by atoms with Crippen LogP contribution in [-0.2, 0) is 6.54 Å². The van der Waals surface area contributed by atoms with Crippen LogP contribution >= 0.6 is 0 Å². The van der Waals surface area contributed by atoms with Gasteiger partial charge in [0.15, 0.2) is 5.82 Å². The molecule has 0 spiro atoms. The summed E-state index contributed by atoms with van der Waals surface area (Å²) in [5.41, 5.74) is 10.3. The lowest BCUT2D eigenvalue weighted by atomic mass is 9.98. The third kappa shape index (κ3) is 1.90. The Hall–Kier alpha value is -2.20. The number of halogens is 1. The van der Waals surface area contributed by atoms with Gasteiger partial charge in [0.25, 0.3) is 0 Å². The smallest absolute Gasteiger partial charge is 0.150 e. The Labute approximate surface area is 110 Å². The molecule has 0 aliphatic rings. The number of nitrogens with one attached hydrogen (secondary N) is 1. The molecule has 19 heavy (non-hydrogen) atoms. The molecule has 0 aliphatic carbocycles.